The lowest BCUT2D eigenvalue weighted by molar-refractivity contribution is -0.140. The topological polar surface area (TPSA) is 53.3 Å². The van der Waals surface area contributed by atoms with Crippen LogP contribution in [0.2, 0.25) is 0 Å². The van der Waals surface area contributed by atoms with E-state index in [-0.39, 0.29) is 5.97 Å². The fourth-order valence-corrected chi connectivity index (χ4v) is 1.75. The fourth-order valence-electron chi connectivity index (χ4n) is 1.40. The minimum absolute atomic E-state index is 0.259. The van der Waals surface area contributed by atoms with Crippen LogP contribution in [0.3, 0.4) is 0 Å². The molecule has 0 radical (unpaired) electrons. The Morgan fingerprint density at radius 3 is 2.88 bits per heavy atom. The Labute approximate surface area is 109 Å². The molecule has 0 atom stereocenters. The summed E-state index contributed by atoms with van der Waals surface area (Å²) in [7, 11) is 3.20. The van der Waals surface area contributed by atoms with E-state index < -0.39 is 0 Å². The summed E-state index contributed by atoms with van der Waals surface area (Å²) in [5.41, 5.74) is 1.38. The van der Waals surface area contributed by atoms with Crippen LogP contribution in [-0.4, -0.2) is 26.7 Å². The van der Waals surface area contributed by atoms with Gasteiger partial charge in [-0.3, -0.25) is 4.79 Å². The fraction of sp³-hybridized carbons (Fsp3) is 0.333. The summed E-state index contributed by atoms with van der Waals surface area (Å²) in [6.45, 7) is 0.512. The molecule has 0 aliphatic heterocycles. The number of nitriles is 1. The standard InChI is InChI=1S/C12H13BrN2O2/c1-15(6-5-12(16)17-2)11-7-10(13)4-3-9(11)8-14/h3-4,7H,5-6H2,1-2H3. The summed E-state index contributed by atoms with van der Waals surface area (Å²) < 4.78 is 5.48. The van der Waals surface area contributed by atoms with Gasteiger partial charge in [0.25, 0.3) is 0 Å². The molecule has 1 aromatic carbocycles. The zero-order chi connectivity index (χ0) is 12.8. The van der Waals surface area contributed by atoms with Gasteiger partial charge in [-0.25, -0.2) is 0 Å². The van der Waals surface area contributed by atoms with Gasteiger partial charge in [0.05, 0.1) is 24.8 Å². The smallest absolute Gasteiger partial charge is 0.307 e. The van der Waals surface area contributed by atoms with Gasteiger partial charge in [-0.2, -0.15) is 5.26 Å². The van der Waals surface area contributed by atoms with Crippen molar-refractivity contribution in [1.29, 1.82) is 5.26 Å². The van der Waals surface area contributed by atoms with E-state index >= 15 is 0 Å². The molecule has 0 N–H and O–H groups in total. The third-order valence-corrected chi connectivity index (χ3v) is 2.86. The van der Waals surface area contributed by atoms with Gasteiger partial charge in [-0.15, -0.1) is 0 Å². The second-order valence-electron chi connectivity index (χ2n) is 3.52. The van der Waals surface area contributed by atoms with Crippen molar-refractivity contribution in [3.05, 3.63) is 28.2 Å². The maximum Gasteiger partial charge on any atom is 0.307 e. The summed E-state index contributed by atoms with van der Waals surface area (Å²) in [5, 5.41) is 9.00. The predicted molar refractivity (Wildman–Crippen MR) is 68.8 cm³/mol. The summed E-state index contributed by atoms with van der Waals surface area (Å²) in [5.74, 6) is -0.259. The van der Waals surface area contributed by atoms with Crippen LogP contribution >= 0.6 is 15.9 Å². The van der Waals surface area contributed by atoms with E-state index in [2.05, 4.69) is 26.7 Å². The molecular weight excluding hydrogens is 284 g/mol. The van der Waals surface area contributed by atoms with Crippen LogP contribution in [0.5, 0.6) is 0 Å². The lowest BCUT2D eigenvalue weighted by atomic mass is 10.2. The van der Waals surface area contributed by atoms with Crippen LogP contribution in [0, 0.1) is 11.3 Å². The second-order valence-corrected chi connectivity index (χ2v) is 4.44. The Morgan fingerprint density at radius 1 is 1.59 bits per heavy atom. The first-order chi connectivity index (χ1) is 8.08. The van der Waals surface area contributed by atoms with E-state index in [9.17, 15) is 4.79 Å². The first-order valence-electron chi connectivity index (χ1n) is 5.06. The third-order valence-electron chi connectivity index (χ3n) is 2.37. The van der Waals surface area contributed by atoms with Crippen LogP contribution < -0.4 is 4.90 Å². The van der Waals surface area contributed by atoms with Crippen LogP contribution in [0.25, 0.3) is 0 Å². The average molecular weight is 297 g/mol. The monoisotopic (exact) mass is 296 g/mol. The van der Waals surface area contributed by atoms with Gasteiger partial charge in [0.15, 0.2) is 0 Å². The summed E-state index contributed by atoms with van der Waals surface area (Å²) in [6.07, 6.45) is 0.296. The molecule has 0 aromatic heterocycles. The lowest BCUT2D eigenvalue weighted by Crippen LogP contribution is -2.22. The van der Waals surface area contributed by atoms with Crippen molar-refractivity contribution in [3.8, 4) is 6.07 Å². The van der Waals surface area contributed by atoms with E-state index in [1.807, 2.05) is 24.1 Å². The van der Waals surface area contributed by atoms with E-state index in [0.717, 1.165) is 10.2 Å². The highest BCUT2D eigenvalue weighted by atomic mass is 79.9. The number of ether oxygens (including phenoxy) is 1. The van der Waals surface area contributed by atoms with Crippen LogP contribution in [0.15, 0.2) is 22.7 Å². The Kier molecular flexibility index (Phi) is 4.98. The number of benzene rings is 1. The second kappa shape index (κ2) is 6.26. The molecular formula is C12H13BrN2O2. The lowest BCUT2D eigenvalue weighted by Gasteiger charge is -2.20. The minimum Gasteiger partial charge on any atom is -0.469 e. The molecule has 1 rings (SSSR count). The Balaban J connectivity index is 2.81. The van der Waals surface area contributed by atoms with Crippen molar-refractivity contribution in [3.63, 3.8) is 0 Å². The Morgan fingerprint density at radius 2 is 2.29 bits per heavy atom. The molecule has 0 bridgehead atoms. The Hall–Kier alpha value is -1.54. The third kappa shape index (κ3) is 3.75. The molecule has 0 fully saturated rings. The molecule has 0 spiro atoms. The van der Waals surface area contributed by atoms with Gasteiger partial charge in [-0.05, 0) is 18.2 Å². The molecule has 0 saturated heterocycles. The van der Waals surface area contributed by atoms with Gasteiger partial charge < -0.3 is 9.64 Å². The van der Waals surface area contributed by atoms with E-state index in [0.29, 0.717) is 18.5 Å². The molecule has 90 valence electrons. The zero-order valence-electron chi connectivity index (χ0n) is 9.74. The van der Waals surface area contributed by atoms with Crippen molar-refractivity contribution >= 4 is 27.6 Å². The molecule has 0 aliphatic rings. The van der Waals surface area contributed by atoms with Crippen molar-refractivity contribution in [2.75, 3.05) is 25.6 Å². The summed E-state index contributed by atoms with van der Waals surface area (Å²) in [6, 6.07) is 7.54. The quantitative estimate of drug-likeness (QED) is 0.800. The number of carbonyl (C=O) groups is 1. The number of carbonyl (C=O) groups excluding carboxylic acids is 1. The molecule has 0 aliphatic carbocycles. The first kappa shape index (κ1) is 13.5. The molecule has 0 heterocycles. The van der Waals surface area contributed by atoms with E-state index in [1.54, 1.807) is 6.07 Å². The van der Waals surface area contributed by atoms with Gasteiger partial charge in [0.2, 0.25) is 0 Å². The molecule has 0 unspecified atom stereocenters. The number of esters is 1. The highest BCUT2D eigenvalue weighted by Crippen LogP contribution is 2.23. The number of nitrogens with zero attached hydrogens (tertiary/aromatic N) is 2. The highest BCUT2D eigenvalue weighted by Gasteiger charge is 2.10. The van der Waals surface area contributed by atoms with Gasteiger partial charge >= 0.3 is 5.97 Å². The number of rotatable bonds is 4. The van der Waals surface area contributed by atoms with E-state index in [1.165, 1.54) is 7.11 Å². The van der Waals surface area contributed by atoms with Crippen molar-refractivity contribution in [2.45, 2.75) is 6.42 Å². The zero-order valence-corrected chi connectivity index (χ0v) is 11.3. The number of methoxy groups -OCH3 is 1. The van der Waals surface area contributed by atoms with E-state index in [4.69, 9.17) is 5.26 Å². The van der Waals surface area contributed by atoms with Crippen molar-refractivity contribution < 1.29 is 9.53 Å². The number of halogens is 1. The molecule has 17 heavy (non-hydrogen) atoms. The molecule has 1 aromatic rings. The molecule has 0 saturated carbocycles. The Bertz CT molecular complexity index is 454. The number of anilines is 1. The average Bonchev–Trinajstić information content (AvgIpc) is 2.35. The molecule has 5 heteroatoms. The molecule has 0 amide bonds. The maximum absolute atomic E-state index is 11.0. The van der Waals surface area contributed by atoms with Crippen LogP contribution in [0.4, 0.5) is 5.69 Å². The largest absolute Gasteiger partial charge is 0.469 e. The maximum atomic E-state index is 11.0. The summed E-state index contributed by atoms with van der Waals surface area (Å²) >= 11 is 3.36. The van der Waals surface area contributed by atoms with Crippen molar-refractivity contribution in [2.24, 2.45) is 0 Å². The highest BCUT2D eigenvalue weighted by molar-refractivity contribution is 9.10. The van der Waals surface area contributed by atoms with Crippen LogP contribution in [0.1, 0.15) is 12.0 Å². The van der Waals surface area contributed by atoms with Crippen LogP contribution in [-0.2, 0) is 9.53 Å². The van der Waals surface area contributed by atoms with Gasteiger partial charge in [-0.1, -0.05) is 15.9 Å². The van der Waals surface area contributed by atoms with Gasteiger partial charge in [0.1, 0.15) is 6.07 Å². The first-order valence-corrected chi connectivity index (χ1v) is 5.85. The minimum atomic E-state index is -0.259. The molecule has 4 nitrogen and oxygen atoms in total. The summed E-state index contributed by atoms with van der Waals surface area (Å²) in [4.78, 5) is 12.9. The van der Waals surface area contributed by atoms with Gasteiger partial charge in [0, 0.05) is 18.1 Å². The number of hydrogen-bond donors (Lipinski definition) is 0. The normalized spacial score (nSPS) is 9.53. The van der Waals surface area contributed by atoms with Crippen molar-refractivity contribution in [1.82, 2.24) is 0 Å². The number of hydrogen-bond acceptors (Lipinski definition) is 4. The SMILES string of the molecule is COC(=O)CCN(C)c1cc(Br)ccc1C#N. The predicted octanol–water partition coefficient (Wildman–Crippen LogP) is 2.32.